The van der Waals surface area contributed by atoms with Crippen molar-refractivity contribution in [2.24, 2.45) is 0 Å². The molecule has 0 spiro atoms. The van der Waals surface area contributed by atoms with Gasteiger partial charge in [0.2, 0.25) is 0 Å². The molecule has 0 radical (unpaired) electrons. The highest BCUT2D eigenvalue weighted by Crippen LogP contribution is 2.26. The van der Waals surface area contributed by atoms with E-state index in [2.05, 4.69) is 25.7 Å². The van der Waals surface area contributed by atoms with Gasteiger partial charge < -0.3 is 0 Å². The summed E-state index contributed by atoms with van der Waals surface area (Å²) in [5.74, 6) is 0. The van der Waals surface area contributed by atoms with Crippen LogP contribution in [-0.4, -0.2) is 23.5 Å². The van der Waals surface area contributed by atoms with E-state index in [9.17, 15) is 0 Å². The van der Waals surface area contributed by atoms with Gasteiger partial charge in [-0.25, -0.2) is 0 Å². The Bertz CT molecular complexity index is 96.7. The molecular formula is C8H17N. The molecule has 1 fully saturated rings. The average molecular weight is 127 g/mol. The predicted octanol–water partition coefficient (Wildman–Crippen LogP) is 1.88. The number of rotatable bonds is 1. The fourth-order valence-corrected chi connectivity index (χ4v) is 1.75. The van der Waals surface area contributed by atoms with Crippen molar-refractivity contribution in [2.75, 3.05) is 13.1 Å². The molecule has 0 N–H and O–H groups in total. The molecule has 54 valence electrons. The van der Waals surface area contributed by atoms with Gasteiger partial charge in [0.05, 0.1) is 0 Å². The zero-order chi connectivity index (χ0) is 6.91. The lowest BCUT2D eigenvalue weighted by atomic mass is 10.0. The minimum atomic E-state index is 0.495. The lowest BCUT2D eigenvalue weighted by molar-refractivity contribution is 0.185. The lowest BCUT2D eigenvalue weighted by Gasteiger charge is -2.29. The van der Waals surface area contributed by atoms with Crippen LogP contribution in [0.1, 0.15) is 33.6 Å². The van der Waals surface area contributed by atoms with Gasteiger partial charge in [0.1, 0.15) is 0 Å². The molecule has 0 aliphatic carbocycles. The van der Waals surface area contributed by atoms with Crippen LogP contribution in [0.2, 0.25) is 0 Å². The second-order valence-electron chi connectivity index (χ2n) is 3.50. The molecule has 0 aromatic carbocycles. The van der Waals surface area contributed by atoms with Gasteiger partial charge in [0.25, 0.3) is 0 Å². The summed E-state index contributed by atoms with van der Waals surface area (Å²) in [7, 11) is 0. The van der Waals surface area contributed by atoms with Crippen LogP contribution in [0.3, 0.4) is 0 Å². The van der Waals surface area contributed by atoms with Gasteiger partial charge in [-0.15, -0.1) is 0 Å². The minimum absolute atomic E-state index is 0.495. The van der Waals surface area contributed by atoms with E-state index < -0.39 is 0 Å². The standard InChI is InChI=1S/C8H17N/c1-4-9-7-5-6-8(9,2)3/h4-7H2,1-3H3. The van der Waals surface area contributed by atoms with Crippen LogP contribution in [0.5, 0.6) is 0 Å². The molecule has 0 saturated carbocycles. The molecule has 0 bridgehead atoms. The number of nitrogens with zero attached hydrogens (tertiary/aromatic N) is 1. The molecule has 0 amide bonds. The molecule has 1 nitrogen and oxygen atoms in total. The minimum Gasteiger partial charge on any atom is -0.298 e. The van der Waals surface area contributed by atoms with E-state index >= 15 is 0 Å². The molecular weight excluding hydrogens is 110 g/mol. The van der Waals surface area contributed by atoms with Crippen molar-refractivity contribution in [1.29, 1.82) is 0 Å². The molecule has 0 atom stereocenters. The van der Waals surface area contributed by atoms with Crippen molar-refractivity contribution in [3.8, 4) is 0 Å². The van der Waals surface area contributed by atoms with Gasteiger partial charge in [0.15, 0.2) is 0 Å². The van der Waals surface area contributed by atoms with Crippen LogP contribution in [0.15, 0.2) is 0 Å². The summed E-state index contributed by atoms with van der Waals surface area (Å²) in [6, 6.07) is 0. The molecule has 1 saturated heterocycles. The topological polar surface area (TPSA) is 3.24 Å². The van der Waals surface area contributed by atoms with Gasteiger partial charge in [-0.05, 0) is 39.8 Å². The fourth-order valence-electron chi connectivity index (χ4n) is 1.75. The Morgan fingerprint density at radius 3 is 2.33 bits per heavy atom. The third-order valence-corrected chi connectivity index (χ3v) is 2.45. The maximum Gasteiger partial charge on any atom is 0.0153 e. The Kier molecular flexibility index (Phi) is 1.80. The average Bonchev–Trinajstić information content (AvgIpc) is 2.08. The summed E-state index contributed by atoms with van der Waals surface area (Å²) in [4.78, 5) is 2.55. The molecule has 1 heterocycles. The largest absolute Gasteiger partial charge is 0.298 e. The highest BCUT2D eigenvalue weighted by molar-refractivity contribution is 4.86. The summed E-state index contributed by atoms with van der Waals surface area (Å²) in [6.45, 7) is 9.44. The molecule has 9 heavy (non-hydrogen) atoms. The SMILES string of the molecule is CCN1CCCC1(C)C. The van der Waals surface area contributed by atoms with Gasteiger partial charge in [-0.1, -0.05) is 6.92 Å². The smallest absolute Gasteiger partial charge is 0.0153 e. The second-order valence-corrected chi connectivity index (χ2v) is 3.50. The Morgan fingerprint density at radius 2 is 2.11 bits per heavy atom. The first-order valence-electron chi connectivity index (χ1n) is 3.92. The Morgan fingerprint density at radius 1 is 1.44 bits per heavy atom. The fraction of sp³-hybridized carbons (Fsp3) is 1.00. The third-order valence-electron chi connectivity index (χ3n) is 2.45. The van der Waals surface area contributed by atoms with Crippen molar-refractivity contribution >= 4 is 0 Å². The zero-order valence-electron chi connectivity index (χ0n) is 6.78. The van der Waals surface area contributed by atoms with E-state index in [0.29, 0.717) is 5.54 Å². The monoisotopic (exact) mass is 127 g/mol. The first-order valence-corrected chi connectivity index (χ1v) is 3.92. The van der Waals surface area contributed by atoms with E-state index in [1.807, 2.05) is 0 Å². The van der Waals surface area contributed by atoms with Crippen molar-refractivity contribution < 1.29 is 0 Å². The highest BCUT2D eigenvalue weighted by Gasteiger charge is 2.29. The molecule has 1 aliphatic rings. The van der Waals surface area contributed by atoms with Gasteiger partial charge in [0, 0.05) is 5.54 Å². The van der Waals surface area contributed by atoms with Gasteiger partial charge in [-0.2, -0.15) is 0 Å². The van der Waals surface area contributed by atoms with Crippen LogP contribution in [0, 0.1) is 0 Å². The summed E-state index contributed by atoms with van der Waals surface area (Å²) >= 11 is 0. The molecule has 1 heteroatoms. The Labute approximate surface area is 58.0 Å². The third kappa shape index (κ3) is 1.26. The van der Waals surface area contributed by atoms with E-state index in [4.69, 9.17) is 0 Å². The first-order chi connectivity index (χ1) is 4.17. The summed E-state index contributed by atoms with van der Waals surface area (Å²) < 4.78 is 0. The van der Waals surface area contributed by atoms with E-state index in [-0.39, 0.29) is 0 Å². The molecule has 1 aliphatic heterocycles. The van der Waals surface area contributed by atoms with Gasteiger partial charge >= 0.3 is 0 Å². The first kappa shape index (κ1) is 7.07. The molecule has 0 aromatic rings. The van der Waals surface area contributed by atoms with Crippen molar-refractivity contribution in [1.82, 2.24) is 4.90 Å². The number of hydrogen-bond acceptors (Lipinski definition) is 1. The summed E-state index contributed by atoms with van der Waals surface area (Å²) in [5, 5.41) is 0. The number of likely N-dealkylation sites (tertiary alicyclic amines) is 1. The zero-order valence-corrected chi connectivity index (χ0v) is 6.78. The van der Waals surface area contributed by atoms with E-state index in [0.717, 1.165) is 0 Å². The molecule has 1 rings (SSSR count). The van der Waals surface area contributed by atoms with Crippen LogP contribution in [0.4, 0.5) is 0 Å². The highest BCUT2D eigenvalue weighted by atomic mass is 15.2. The van der Waals surface area contributed by atoms with Crippen LogP contribution in [-0.2, 0) is 0 Å². The van der Waals surface area contributed by atoms with Crippen molar-refractivity contribution in [3.05, 3.63) is 0 Å². The van der Waals surface area contributed by atoms with Crippen LogP contribution < -0.4 is 0 Å². The van der Waals surface area contributed by atoms with Crippen molar-refractivity contribution in [2.45, 2.75) is 39.2 Å². The van der Waals surface area contributed by atoms with Gasteiger partial charge in [-0.3, -0.25) is 4.90 Å². The summed E-state index contributed by atoms with van der Waals surface area (Å²) in [5.41, 5.74) is 0.495. The van der Waals surface area contributed by atoms with E-state index in [1.165, 1.54) is 25.9 Å². The summed E-state index contributed by atoms with van der Waals surface area (Å²) in [6.07, 6.45) is 2.77. The van der Waals surface area contributed by atoms with Crippen molar-refractivity contribution in [3.63, 3.8) is 0 Å². The maximum atomic E-state index is 2.55. The normalized spacial score (nSPS) is 27.0. The predicted molar refractivity (Wildman–Crippen MR) is 40.6 cm³/mol. The lowest BCUT2D eigenvalue weighted by Crippen LogP contribution is -2.37. The Balaban J connectivity index is 2.52. The van der Waals surface area contributed by atoms with E-state index in [1.54, 1.807) is 0 Å². The quantitative estimate of drug-likeness (QED) is 0.520. The second kappa shape index (κ2) is 2.30. The van der Waals surface area contributed by atoms with Crippen LogP contribution >= 0.6 is 0 Å². The molecule has 0 aromatic heterocycles. The molecule has 0 unspecified atom stereocenters. The maximum absolute atomic E-state index is 2.55. The van der Waals surface area contributed by atoms with Crippen LogP contribution in [0.25, 0.3) is 0 Å². The Hall–Kier alpha value is -0.0400. The number of hydrogen-bond donors (Lipinski definition) is 0.